The highest BCUT2D eigenvalue weighted by atomic mass is 16.5. The Morgan fingerprint density at radius 3 is 2.38 bits per heavy atom. The van der Waals surface area contributed by atoms with Gasteiger partial charge in [-0.1, -0.05) is 12.1 Å². The van der Waals surface area contributed by atoms with E-state index < -0.39 is 5.60 Å². The number of carbonyl (C=O) groups is 1. The van der Waals surface area contributed by atoms with Crippen molar-refractivity contribution >= 4 is 17.9 Å². The molecule has 1 aliphatic heterocycles. The zero-order valence-electron chi connectivity index (χ0n) is 17.1. The second-order valence-corrected chi connectivity index (χ2v) is 7.07. The van der Waals surface area contributed by atoms with Gasteiger partial charge in [-0.3, -0.25) is 4.79 Å². The molecule has 2 aromatic rings. The van der Waals surface area contributed by atoms with Gasteiger partial charge in [0.2, 0.25) is 0 Å². The standard InChI is InChI=1S/C23H24O6/c1-23(2)11-10-15-19(27-4)13-17(25)21(22(15)29-23)16(24)8-6-14-7-9-18(26-3)20(12-14)28-5/h6-13,25H,1-5H3/b8-6+. The Labute approximate surface area is 170 Å². The molecule has 0 saturated carbocycles. The first kappa shape index (κ1) is 20.3. The van der Waals surface area contributed by atoms with E-state index in [2.05, 4.69) is 0 Å². The molecule has 0 atom stereocenters. The lowest BCUT2D eigenvalue weighted by atomic mass is 9.96. The first-order valence-electron chi connectivity index (χ1n) is 9.06. The minimum Gasteiger partial charge on any atom is -0.507 e. The quantitative estimate of drug-likeness (QED) is 0.573. The first-order valence-corrected chi connectivity index (χ1v) is 9.06. The fourth-order valence-corrected chi connectivity index (χ4v) is 3.10. The fraction of sp³-hybridized carbons (Fsp3) is 0.261. The van der Waals surface area contributed by atoms with Crippen LogP contribution in [-0.4, -0.2) is 37.8 Å². The van der Waals surface area contributed by atoms with Gasteiger partial charge in [-0.25, -0.2) is 0 Å². The maximum atomic E-state index is 13.0. The van der Waals surface area contributed by atoms with Crippen molar-refractivity contribution in [3.63, 3.8) is 0 Å². The van der Waals surface area contributed by atoms with Crippen molar-refractivity contribution < 1.29 is 28.8 Å². The molecule has 0 radical (unpaired) electrons. The highest BCUT2D eigenvalue weighted by Gasteiger charge is 2.30. The van der Waals surface area contributed by atoms with Crippen LogP contribution in [0, 0.1) is 0 Å². The van der Waals surface area contributed by atoms with Gasteiger partial charge in [0, 0.05) is 6.07 Å². The van der Waals surface area contributed by atoms with Gasteiger partial charge in [-0.2, -0.15) is 0 Å². The molecular weight excluding hydrogens is 372 g/mol. The number of allylic oxidation sites excluding steroid dienone is 1. The SMILES string of the molecule is COc1ccc(/C=C/C(=O)c2c(O)cc(OC)c3c2OC(C)(C)C=C3)cc1OC. The number of phenols is 1. The molecule has 0 aromatic heterocycles. The van der Waals surface area contributed by atoms with Crippen LogP contribution in [0.4, 0.5) is 0 Å². The largest absolute Gasteiger partial charge is 0.507 e. The average Bonchev–Trinajstić information content (AvgIpc) is 2.70. The number of phenolic OH excluding ortho intramolecular Hbond substituents is 1. The molecule has 0 spiro atoms. The lowest BCUT2D eigenvalue weighted by molar-refractivity contribution is 0.103. The summed E-state index contributed by atoms with van der Waals surface area (Å²) in [5, 5.41) is 10.5. The van der Waals surface area contributed by atoms with Crippen LogP contribution >= 0.6 is 0 Å². The number of methoxy groups -OCH3 is 3. The van der Waals surface area contributed by atoms with Crippen LogP contribution in [-0.2, 0) is 0 Å². The van der Waals surface area contributed by atoms with Crippen molar-refractivity contribution in [2.75, 3.05) is 21.3 Å². The number of fused-ring (bicyclic) bond motifs is 1. The lowest BCUT2D eigenvalue weighted by Gasteiger charge is -2.30. The van der Waals surface area contributed by atoms with Crippen molar-refractivity contribution in [1.82, 2.24) is 0 Å². The topological polar surface area (TPSA) is 74.2 Å². The first-order chi connectivity index (χ1) is 13.8. The van der Waals surface area contributed by atoms with E-state index in [4.69, 9.17) is 18.9 Å². The third kappa shape index (κ3) is 4.06. The fourth-order valence-electron chi connectivity index (χ4n) is 3.10. The second kappa shape index (κ2) is 7.91. The van der Waals surface area contributed by atoms with Crippen molar-refractivity contribution in [3.05, 3.63) is 53.1 Å². The summed E-state index contributed by atoms with van der Waals surface area (Å²) in [7, 11) is 4.61. The Morgan fingerprint density at radius 2 is 1.72 bits per heavy atom. The summed E-state index contributed by atoms with van der Waals surface area (Å²) in [6.07, 6.45) is 6.75. The second-order valence-electron chi connectivity index (χ2n) is 7.07. The lowest BCUT2D eigenvalue weighted by Crippen LogP contribution is -2.28. The Balaban J connectivity index is 2.00. The Morgan fingerprint density at radius 1 is 1.03 bits per heavy atom. The summed E-state index contributed by atoms with van der Waals surface area (Å²) in [5.74, 6) is 1.30. The zero-order valence-corrected chi connectivity index (χ0v) is 17.1. The molecule has 29 heavy (non-hydrogen) atoms. The molecule has 0 unspecified atom stereocenters. The van der Waals surface area contributed by atoms with Gasteiger partial charge in [0.25, 0.3) is 0 Å². The molecule has 6 nitrogen and oxygen atoms in total. The molecular formula is C23H24O6. The average molecular weight is 396 g/mol. The number of ketones is 1. The molecule has 3 rings (SSSR count). The number of aromatic hydroxyl groups is 1. The van der Waals surface area contributed by atoms with Crippen LogP contribution in [0.1, 0.15) is 35.3 Å². The third-order valence-electron chi connectivity index (χ3n) is 4.58. The number of benzene rings is 2. The molecule has 0 saturated heterocycles. The summed E-state index contributed by atoms with van der Waals surface area (Å²) in [4.78, 5) is 13.0. The Hall–Kier alpha value is -3.41. The molecule has 0 bridgehead atoms. The smallest absolute Gasteiger partial charge is 0.193 e. The van der Waals surface area contributed by atoms with E-state index in [1.165, 1.54) is 19.3 Å². The maximum absolute atomic E-state index is 13.0. The van der Waals surface area contributed by atoms with Crippen LogP contribution in [0.15, 0.2) is 36.4 Å². The van der Waals surface area contributed by atoms with Crippen LogP contribution < -0.4 is 18.9 Å². The van der Waals surface area contributed by atoms with E-state index in [1.54, 1.807) is 38.5 Å². The van der Waals surface area contributed by atoms with Crippen molar-refractivity contribution in [2.45, 2.75) is 19.4 Å². The predicted molar refractivity (Wildman–Crippen MR) is 111 cm³/mol. The predicted octanol–water partition coefficient (Wildman–Crippen LogP) is 4.50. The molecule has 2 aromatic carbocycles. The molecule has 6 heteroatoms. The summed E-state index contributed by atoms with van der Waals surface area (Å²) in [6.45, 7) is 3.74. The minimum atomic E-state index is -0.617. The highest BCUT2D eigenvalue weighted by molar-refractivity contribution is 6.11. The zero-order chi connectivity index (χ0) is 21.2. The van der Waals surface area contributed by atoms with E-state index in [1.807, 2.05) is 26.0 Å². The summed E-state index contributed by atoms with van der Waals surface area (Å²) >= 11 is 0. The summed E-state index contributed by atoms with van der Waals surface area (Å²) in [6, 6.07) is 6.74. The molecule has 0 fully saturated rings. The highest BCUT2D eigenvalue weighted by Crippen LogP contribution is 2.44. The number of hydrogen-bond donors (Lipinski definition) is 1. The minimum absolute atomic E-state index is 0.0925. The van der Waals surface area contributed by atoms with E-state index in [9.17, 15) is 9.90 Å². The number of hydrogen-bond acceptors (Lipinski definition) is 6. The van der Waals surface area contributed by atoms with Gasteiger partial charge in [-0.15, -0.1) is 0 Å². The van der Waals surface area contributed by atoms with Crippen molar-refractivity contribution in [2.24, 2.45) is 0 Å². The molecule has 0 amide bonds. The number of rotatable bonds is 6. The van der Waals surface area contributed by atoms with Crippen molar-refractivity contribution in [1.29, 1.82) is 0 Å². The summed E-state index contributed by atoms with van der Waals surface area (Å²) < 4.78 is 21.8. The molecule has 1 heterocycles. The van der Waals surface area contributed by atoms with E-state index in [0.717, 1.165) is 5.56 Å². The van der Waals surface area contributed by atoms with Gasteiger partial charge < -0.3 is 24.1 Å². The van der Waals surface area contributed by atoms with Crippen molar-refractivity contribution in [3.8, 4) is 28.7 Å². The van der Waals surface area contributed by atoms with Gasteiger partial charge in [0.1, 0.15) is 28.4 Å². The van der Waals surface area contributed by atoms with E-state index in [-0.39, 0.29) is 17.1 Å². The van der Waals surface area contributed by atoms with E-state index in [0.29, 0.717) is 28.6 Å². The van der Waals surface area contributed by atoms with Crippen LogP contribution in [0.25, 0.3) is 12.2 Å². The van der Waals surface area contributed by atoms with Gasteiger partial charge >= 0.3 is 0 Å². The maximum Gasteiger partial charge on any atom is 0.193 e. The molecule has 152 valence electrons. The molecule has 1 N–H and O–H groups in total. The normalized spacial score (nSPS) is 14.2. The monoisotopic (exact) mass is 396 g/mol. The van der Waals surface area contributed by atoms with Crippen LogP contribution in [0.3, 0.4) is 0 Å². The van der Waals surface area contributed by atoms with E-state index >= 15 is 0 Å². The van der Waals surface area contributed by atoms with Crippen LogP contribution in [0.5, 0.6) is 28.7 Å². The van der Waals surface area contributed by atoms with Crippen LogP contribution in [0.2, 0.25) is 0 Å². The summed E-state index contributed by atoms with van der Waals surface area (Å²) in [5.41, 5.74) is 0.843. The molecule has 0 aliphatic carbocycles. The Kier molecular flexibility index (Phi) is 5.55. The van der Waals surface area contributed by atoms with Gasteiger partial charge in [0.05, 0.1) is 26.9 Å². The number of ether oxygens (including phenoxy) is 4. The number of carbonyl (C=O) groups excluding carboxylic acids is 1. The third-order valence-corrected chi connectivity index (χ3v) is 4.58. The van der Waals surface area contributed by atoms with Gasteiger partial charge in [-0.05, 0) is 49.8 Å². The molecule has 1 aliphatic rings. The van der Waals surface area contributed by atoms with Gasteiger partial charge in [0.15, 0.2) is 17.3 Å². The Bertz CT molecular complexity index is 1000.